The molecule has 0 spiro atoms. The van der Waals surface area contributed by atoms with E-state index in [1.807, 2.05) is 83.9 Å². The van der Waals surface area contributed by atoms with E-state index in [9.17, 15) is 0 Å². The standard InChI is InChI=1S/C28H21Cl2N3OS/c29-21-8-6-20(7-9-21)27-26(19-4-2-1-3-5-19)18-33(32-27)28(35)31-23-12-16-25(17-13-23)34-24-14-10-22(30)11-15-24/h1-17,26H,18H2,(H,31,35). The molecular formula is C28H21Cl2N3OS. The number of benzene rings is 4. The Morgan fingerprint density at radius 1 is 0.800 bits per heavy atom. The highest BCUT2D eigenvalue weighted by Gasteiger charge is 2.31. The molecular weight excluding hydrogens is 497 g/mol. The van der Waals surface area contributed by atoms with Crippen LogP contribution in [-0.2, 0) is 0 Å². The summed E-state index contributed by atoms with van der Waals surface area (Å²) in [5.74, 6) is 1.53. The Labute approximate surface area is 219 Å². The molecule has 7 heteroatoms. The molecule has 0 aromatic heterocycles. The van der Waals surface area contributed by atoms with Crippen LogP contribution in [0.3, 0.4) is 0 Å². The van der Waals surface area contributed by atoms with Crippen molar-refractivity contribution in [2.45, 2.75) is 5.92 Å². The highest BCUT2D eigenvalue weighted by atomic mass is 35.5. The van der Waals surface area contributed by atoms with E-state index >= 15 is 0 Å². The van der Waals surface area contributed by atoms with E-state index in [0.29, 0.717) is 21.7 Å². The van der Waals surface area contributed by atoms with Crippen molar-refractivity contribution in [1.82, 2.24) is 5.01 Å². The second kappa shape index (κ2) is 10.5. The minimum Gasteiger partial charge on any atom is -0.457 e. The molecule has 1 aliphatic rings. The van der Waals surface area contributed by atoms with E-state index in [0.717, 1.165) is 28.5 Å². The molecule has 0 amide bonds. The summed E-state index contributed by atoms with van der Waals surface area (Å²) in [6.45, 7) is 0.644. The number of hydrazone groups is 1. The molecule has 1 N–H and O–H groups in total. The van der Waals surface area contributed by atoms with Crippen molar-refractivity contribution in [3.8, 4) is 11.5 Å². The van der Waals surface area contributed by atoms with Crippen LogP contribution in [0.15, 0.2) is 108 Å². The maximum Gasteiger partial charge on any atom is 0.194 e. The van der Waals surface area contributed by atoms with Gasteiger partial charge in [0.05, 0.1) is 12.3 Å². The van der Waals surface area contributed by atoms with Crippen molar-refractivity contribution < 1.29 is 4.74 Å². The van der Waals surface area contributed by atoms with E-state index in [-0.39, 0.29) is 5.92 Å². The van der Waals surface area contributed by atoms with E-state index in [2.05, 4.69) is 17.4 Å². The fourth-order valence-electron chi connectivity index (χ4n) is 3.89. The molecule has 0 saturated heterocycles. The molecule has 1 heterocycles. The minimum atomic E-state index is 0.0901. The minimum absolute atomic E-state index is 0.0901. The molecule has 0 fully saturated rings. The Bertz CT molecular complexity index is 1340. The lowest BCUT2D eigenvalue weighted by Gasteiger charge is -2.18. The Balaban J connectivity index is 1.31. The van der Waals surface area contributed by atoms with Gasteiger partial charge in [-0.25, -0.2) is 5.01 Å². The molecule has 174 valence electrons. The van der Waals surface area contributed by atoms with Gasteiger partial charge in [0.2, 0.25) is 0 Å². The maximum atomic E-state index is 6.11. The lowest BCUT2D eigenvalue weighted by atomic mass is 9.91. The molecule has 0 bridgehead atoms. The van der Waals surface area contributed by atoms with Crippen molar-refractivity contribution >= 4 is 51.9 Å². The smallest absolute Gasteiger partial charge is 0.194 e. The van der Waals surface area contributed by atoms with Gasteiger partial charge in [0, 0.05) is 21.7 Å². The summed E-state index contributed by atoms with van der Waals surface area (Å²) >= 11 is 17.8. The number of halogens is 2. The molecule has 1 unspecified atom stereocenters. The zero-order chi connectivity index (χ0) is 24.2. The monoisotopic (exact) mass is 517 g/mol. The van der Waals surface area contributed by atoms with Gasteiger partial charge in [-0.05, 0) is 84.0 Å². The Morgan fingerprint density at radius 2 is 1.37 bits per heavy atom. The van der Waals surface area contributed by atoms with Crippen LogP contribution in [0.2, 0.25) is 10.0 Å². The highest BCUT2D eigenvalue weighted by Crippen LogP contribution is 2.30. The van der Waals surface area contributed by atoms with Gasteiger partial charge in [0.25, 0.3) is 0 Å². The van der Waals surface area contributed by atoms with Gasteiger partial charge in [0.1, 0.15) is 11.5 Å². The lowest BCUT2D eigenvalue weighted by Crippen LogP contribution is -2.30. The van der Waals surface area contributed by atoms with Crippen LogP contribution in [0.5, 0.6) is 11.5 Å². The van der Waals surface area contributed by atoms with Crippen LogP contribution < -0.4 is 10.1 Å². The molecule has 5 rings (SSSR count). The predicted octanol–water partition coefficient (Wildman–Crippen LogP) is 7.99. The Hall–Kier alpha value is -3.38. The van der Waals surface area contributed by atoms with Crippen LogP contribution in [-0.4, -0.2) is 22.4 Å². The van der Waals surface area contributed by atoms with Gasteiger partial charge in [0.15, 0.2) is 5.11 Å². The van der Waals surface area contributed by atoms with Crippen LogP contribution in [0, 0.1) is 0 Å². The van der Waals surface area contributed by atoms with Crippen molar-refractivity contribution in [3.63, 3.8) is 0 Å². The summed E-state index contributed by atoms with van der Waals surface area (Å²) in [6.07, 6.45) is 0. The zero-order valence-corrected chi connectivity index (χ0v) is 20.9. The van der Waals surface area contributed by atoms with Gasteiger partial charge >= 0.3 is 0 Å². The van der Waals surface area contributed by atoms with Gasteiger partial charge in [-0.1, -0.05) is 65.7 Å². The summed E-state index contributed by atoms with van der Waals surface area (Å²) in [6, 6.07) is 33.0. The third kappa shape index (κ3) is 5.65. The van der Waals surface area contributed by atoms with Crippen LogP contribution in [0.1, 0.15) is 17.0 Å². The number of nitrogens with zero attached hydrogens (tertiary/aromatic N) is 2. The Kier molecular flexibility index (Phi) is 7.00. The first-order chi connectivity index (χ1) is 17.0. The fraction of sp³-hybridized carbons (Fsp3) is 0.0714. The SMILES string of the molecule is S=C(Nc1ccc(Oc2ccc(Cl)cc2)cc1)N1CC(c2ccccc2)C(c2ccc(Cl)cc2)=N1. The van der Waals surface area contributed by atoms with Crippen molar-refractivity contribution in [2.75, 3.05) is 11.9 Å². The largest absolute Gasteiger partial charge is 0.457 e. The number of anilines is 1. The van der Waals surface area contributed by atoms with Gasteiger partial charge in [-0.15, -0.1) is 0 Å². The van der Waals surface area contributed by atoms with E-state index < -0.39 is 0 Å². The van der Waals surface area contributed by atoms with E-state index in [1.165, 1.54) is 5.56 Å². The average Bonchev–Trinajstić information content (AvgIpc) is 3.33. The molecule has 0 saturated carbocycles. The molecule has 35 heavy (non-hydrogen) atoms. The number of rotatable bonds is 5. The summed E-state index contributed by atoms with van der Waals surface area (Å²) < 4.78 is 5.87. The topological polar surface area (TPSA) is 36.9 Å². The molecule has 0 aliphatic carbocycles. The number of nitrogens with one attached hydrogen (secondary N) is 1. The third-order valence-electron chi connectivity index (χ3n) is 5.65. The number of hydrogen-bond acceptors (Lipinski definition) is 3. The summed E-state index contributed by atoms with van der Waals surface area (Å²) in [5.41, 5.74) is 4.03. The number of thiocarbonyl (C=S) groups is 1. The second-order valence-electron chi connectivity index (χ2n) is 8.05. The molecule has 0 radical (unpaired) electrons. The second-order valence-corrected chi connectivity index (χ2v) is 9.31. The summed E-state index contributed by atoms with van der Waals surface area (Å²) in [5, 5.41) is 11.9. The van der Waals surface area contributed by atoms with Crippen molar-refractivity contribution in [2.24, 2.45) is 5.10 Å². The number of hydrogen-bond donors (Lipinski definition) is 1. The lowest BCUT2D eigenvalue weighted by molar-refractivity contribution is 0.481. The van der Waals surface area contributed by atoms with Crippen LogP contribution in [0.25, 0.3) is 0 Å². The first kappa shape index (κ1) is 23.4. The van der Waals surface area contributed by atoms with Crippen molar-refractivity contribution in [1.29, 1.82) is 0 Å². The predicted molar refractivity (Wildman–Crippen MR) is 148 cm³/mol. The third-order valence-corrected chi connectivity index (χ3v) is 6.46. The Morgan fingerprint density at radius 3 is 2.00 bits per heavy atom. The zero-order valence-electron chi connectivity index (χ0n) is 18.6. The molecule has 4 aromatic carbocycles. The maximum absolute atomic E-state index is 6.11. The summed E-state index contributed by atoms with van der Waals surface area (Å²) in [7, 11) is 0. The fourth-order valence-corrected chi connectivity index (χ4v) is 4.37. The van der Waals surface area contributed by atoms with Gasteiger partial charge < -0.3 is 10.1 Å². The number of ether oxygens (including phenoxy) is 1. The first-order valence-corrected chi connectivity index (χ1v) is 12.2. The first-order valence-electron chi connectivity index (χ1n) is 11.1. The van der Waals surface area contributed by atoms with E-state index in [1.54, 1.807) is 12.1 Å². The van der Waals surface area contributed by atoms with Crippen LogP contribution in [0.4, 0.5) is 5.69 Å². The summed E-state index contributed by atoms with van der Waals surface area (Å²) in [4.78, 5) is 0. The quantitative estimate of drug-likeness (QED) is 0.272. The average molecular weight is 518 g/mol. The highest BCUT2D eigenvalue weighted by molar-refractivity contribution is 7.80. The molecule has 1 atom stereocenters. The normalized spacial score (nSPS) is 15.0. The molecule has 4 aromatic rings. The van der Waals surface area contributed by atoms with Crippen LogP contribution >= 0.6 is 35.4 Å². The van der Waals surface area contributed by atoms with Crippen molar-refractivity contribution in [3.05, 3.63) is 124 Å². The molecule has 4 nitrogen and oxygen atoms in total. The van der Waals surface area contributed by atoms with Gasteiger partial charge in [-0.3, -0.25) is 0 Å². The van der Waals surface area contributed by atoms with E-state index in [4.69, 9.17) is 45.3 Å². The molecule has 1 aliphatic heterocycles. The van der Waals surface area contributed by atoms with Gasteiger partial charge in [-0.2, -0.15) is 5.10 Å².